The summed E-state index contributed by atoms with van der Waals surface area (Å²) < 4.78 is 6.17. The quantitative estimate of drug-likeness (QED) is 0.838. The Balaban J connectivity index is 1.41. The van der Waals surface area contributed by atoms with E-state index in [4.69, 9.17) is 4.74 Å². The Kier molecular flexibility index (Phi) is 4.36. The van der Waals surface area contributed by atoms with Gasteiger partial charge in [0.2, 0.25) is 0 Å². The summed E-state index contributed by atoms with van der Waals surface area (Å²) in [6.07, 6.45) is 6.86. The van der Waals surface area contributed by atoms with E-state index >= 15 is 0 Å². The maximum Gasteiger partial charge on any atom is 0.253 e. The smallest absolute Gasteiger partial charge is 0.253 e. The molecule has 2 aromatic heterocycles. The average molecular weight is 338 g/mol. The number of amides is 1. The van der Waals surface area contributed by atoms with Crippen LogP contribution >= 0.6 is 0 Å². The maximum atomic E-state index is 12.6. The van der Waals surface area contributed by atoms with Gasteiger partial charge in [-0.2, -0.15) is 0 Å². The van der Waals surface area contributed by atoms with E-state index in [0.717, 1.165) is 44.8 Å². The molecule has 6 heteroatoms. The molecule has 0 atom stereocenters. The van der Waals surface area contributed by atoms with E-state index in [0.29, 0.717) is 12.2 Å². The van der Waals surface area contributed by atoms with Gasteiger partial charge in [0.1, 0.15) is 5.82 Å². The van der Waals surface area contributed by atoms with Gasteiger partial charge >= 0.3 is 0 Å². The third-order valence-electron chi connectivity index (χ3n) is 5.11. The lowest BCUT2D eigenvalue weighted by atomic mass is 9.89. The van der Waals surface area contributed by atoms with E-state index in [-0.39, 0.29) is 11.5 Å². The Labute approximate surface area is 147 Å². The van der Waals surface area contributed by atoms with Crippen molar-refractivity contribution >= 4 is 11.7 Å². The van der Waals surface area contributed by atoms with E-state index < -0.39 is 0 Å². The van der Waals surface area contributed by atoms with E-state index in [1.54, 1.807) is 24.5 Å². The topological polar surface area (TPSA) is 58.6 Å². The van der Waals surface area contributed by atoms with Crippen LogP contribution in [-0.4, -0.2) is 59.2 Å². The summed E-state index contributed by atoms with van der Waals surface area (Å²) in [6, 6.07) is 9.53. The summed E-state index contributed by atoms with van der Waals surface area (Å²) in [7, 11) is 0. The molecular formula is C19H22N4O2. The van der Waals surface area contributed by atoms with Gasteiger partial charge in [0, 0.05) is 50.3 Å². The largest absolute Gasteiger partial charge is 0.371 e. The van der Waals surface area contributed by atoms with Gasteiger partial charge in [0.25, 0.3) is 5.91 Å². The van der Waals surface area contributed by atoms with Gasteiger partial charge in [-0.1, -0.05) is 6.07 Å². The van der Waals surface area contributed by atoms with Gasteiger partial charge in [-0.25, -0.2) is 4.98 Å². The number of likely N-dealkylation sites (tertiary alicyclic amines) is 1. The molecule has 4 rings (SSSR count). The Bertz CT molecular complexity index is 715. The number of carbonyl (C=O) groups is 1. The number of hydrogen-bond donors (Lipinski definition) is 0. The Morgan fingerprint density at radius 1 is 1.04 bits per heavy atom. The van der Waals surface area contributed by atoms with Crippen molar-refractivity contribution in [2.45, 2.75) is 18.4 Å². The zero-order chi connectivity index (χ0) is 17.1. The van der Waals surface area contributed by atoms with Gasteiger partial charge < -0.3 is 14.5 Å². The number of nitrogens with zero attached hydrogens (tertiary/aromatic N) is 4. The maximum absolute atomic E-state index is 12.6. The van der Waals surface area contributed by atoms with Crippen molar-refractivity contribution in [1.82, 2.24) is 14.9 Å². The zero-order valence-corrected chi connectivity index (χ0v) is 14.2. The lowest BCUT2D eigenvalue weighted by Crippen LogP contribution is -2.57. The Morgan fingerprint density at radius 3 is 2.56 bits per heavy atom. The first kappa shape index (κ1) is 16.0. The lowest BCUT2D eigenvalue weighted by molar-refractivity contribution is -0.0870. The molecule has 1 spiro atoms. The van der Waals surface area contributed by atoms with Crippen LogP contribution in [-0.2, 0) is 4.74 Å². The van der Waals surface area contributed by atoms with Crippen molar-refractivity contribution in [2.75, 3.05) is 37.7 Å². The fourth-order valence-electron chi connectivity index (χ4n) is 3.68. The standard InChI is InChI=1S/C19H22N4O2/c24-18(16-4-9-20-10-5-16)22-11-6-19(7-12-22)15-23(13-14-25-19)17-3-1-2-8-21-17/h1-5,8-10H,6-7,11-15H2. The third-order valence-corrected chi connectivity index (χ3v) is 5.11. The Morgan fingerprint density at radius 2 is 1.84 bits per heavy atom. The summed E-state index contributed by atoms with van der Waals surface area (Å²) >= 11 is 0. The van der Waals surface area contributed by atoms with E-state index in [9.17, 15) is 4.79 Å². The summed E-state index contributed by atoms with van der Waals surface area (Å²) in [5.74, 6) is 1.08. The molecule has 1 amide bonds. The minimum absolute atomic E-state index is 0.0784. The molecule has 0 radical (unpaired) electrons. The minimum Gasteiger partial charge on any atom is -0.371 e. The number of carbonyl (C=O) groups excluding carboxylic acids is 1. The second-order valence-electron chi connectivity index (χ2n) is 6.67. The molecule has 6 nitrogen and oxygen atoms in total. The first-order chi connectivity index (χ1) is 12.3. The number of piperidine rings is 1. The third kappa shape index (κ3) is 3.35. The fraction of sp³-hybridized carbons (Fsp3) is 0.421. The highest BCUT2D eigenvalue weighted by Gasteiger charge is 2.41. The van der Waals surface area contributed by atoms with Crippen LogP contribution in [0.15, 0.2) is 48.9 Å². The van der Waals surface area contributed by atoms with Crippen LogP contribution in [0.25, 0.3) is 0 Å². The van der Waals surface area contributed by atoms with Crippen LogP contribution in [0.3, 0.4) is 0 Å². The van der Waals surface area contributed by atoms with E-state index in [1.165, 1.54) is 0 Å². The number of pyridine rings is 2. The predicted molar refractivity (Wildman–Crippen MR) is 94.5 cm³/mol. The van der Waals surface area contributed by atoms with Crippen molar-refractivity contribution in [3.05, 3.63) is 54.5 Å². The molecule has 25 heavy (non-hydrogen) atoms. The molecule has 4 heterocycles. The highest BCUT2D eigenvalue weighted by molar-refractivity contribution is 5.94. The second kappa shape index (κ2) is 6.80. The van der Waals surface area contributed by atoms with E-state index in [2.05, 4.69) is 14.9 Å². The zero-order valence-electron chi connectivity index (χ0n) is 14.2. The van der Waals surface area contributed by atoms with Gasteiger partial charge in [-0.15, -0.1) is 0 Å². The lowest BCUT2D eigenvalue weighted by Gasteiger charge is -2.47. The van der Waals surface area contributed by atoms with Crippen molar-refractivity contribution < 1.29 is 9.53 Å². The summed E-state index contributed by atoms with van der Waals surface area (Å²) in [4.78, 5) is 25.2. The van der Waals surface area contributed by atoms with Crippen LogP contribution in [0.5, 0.6) is 0 Å². The van der Waals surface area contributed by atoms with Crippen LogP contribution in [0.2, 0.25) is 0 Å². The predicted octanol–water partition coefficient (Wildman–Crippen LogP) is 1.99. The molecule has 2 aliphatic heterocycles. The summed E-state index contributed by atoms with van der Waals surface area (Å²) in [5, 5.41) is 0. The van der Waals surface area contributed by atoms with Crippen molar-refractivity contribution in [2.24, 2.45) is 0 Å². The number of rotatable bonds is 2. The normalized spacial score (nSPS) is 19.8. The van der Waals surface area contributed by atoms with Crippen LogP contribution < -0.4 is 4.90 Å². The minimum atomic E-state index is -0.176. The van der Waals surface area contributed by atoms with Gasteiger partial charge in [-0.3, -0.25) is 9.78 Å². The molecule has 2 aliphatic rings. The first-order valence-corrected chi connectivity index (χ1v) is 8.75. The molecule has 2 fully saturated rings. The van der Waals surface area contributed by atoms with Crippen molar-refractivity contribution in [1.29, 1.82) is 0 Å². The fourth-order valence-corrected chi connectivity index (χ4v) is 3.68. The molecule has 2 saturated heterocycles. The molecule has 0 bridgehead atoms. The van der Waals surface area contributed by atoms with Crippen LogP contribution in [0, 0.1) is 0 Å². The van der Waals surface area contributed by atoms with Crippen molar-refractivity contribution in [3.63, 3.8) is 0 Å². The van der Waals surface area contributed by atoms with Crippen LogP contribution in [0.1, 0.15) is 23.2 Å². The monoisotopic (exact) mass is 338 g/mol. The highest BCUT2D eigenvalue weighted by atomic mass is 16.5. The molecule has 0 unspecified atom stereocenters. The number of aromatic nitrogens is 2. The molecule has 0 aromatic carbocycles. The number of anilines is 1. The number of hydrogen-bond acceptors (Lipinski definition) is 5. The summed E-state index contributed by atoms with van der Waals surface area (Å²) in [5.41, 5.74) is 0.524. The second-order valence-corrected chi connectivity index (χ2v) is 6.67. The molecular weight excluding hydrogens is 316 g/mol. The van der Waals surface area contributed by atoms with Crippen molar-refractivity contribution in [3.8, 4) is 0 Å². The SMILES string of the molecule is O=C(c1ccncc1)N1CCC2(CC1)CN(c1ccccn1)CCO2. The van der Waals surface area contributed by atoms with Gasteiger partial charge in [0.15, 0.2) is 0 Å². The molecule has 0 aliphatic carbocycles. The first-order valence-electron chi connectivity index (χ1n) is 8.75. The van der Waals surface area contributed by atoms with E-state index in [1.807, 2.05) is 29.3 Å². The molecule has 130 valence electrons. The molecule has 0 N–H and O–H groups in total. The highest BCUT2D eigenvalue weighted by Crippen LogP contribution is 2.32. The average Bonchev–Trinajstić information content (AvgIpc) is 2.69. The Hall–Kier alpha value is -2.47. The summed E-state index contributed by atoms with van der Waals surface area (Å²) in [6.45, 7) is 3.84. The molecule has 2 aromatic rings. The molecule has 0 saturated carbocycles. The number of morpholine rings is 1. The van der Waals surface area contributed by atoms with Crippen LogP contribution in [0.4, 0.5) is 5.82 Å². The van der Waals surface area contributed by atoms with Gasteiger partial charge in [-0.05, 0) is 37.1 Å². The number of ether oxygens (including phenoxy) is 1. The van der Waals surface area contributed by atoms with Gasteiger partial charge in [0.05, 0.1) is 12.2 Å².